The van der Waals surface area contributed by atoms with Crippen LogP contribution in [0, 0.1) is 6.92 Å². The van der Waals surface area contributed by atoms with Gasteiger partial charge >= 0.3 is 0 Å². The van der Waals surface area contributed by atoms with Gasteiger partial charge in [0.15, 0.2) is 0 Å². The highest BCUT2D eigenvalue weighted by molar-refractivity contribution is 8.00. The number of benzene rings is 1. The van der Waals surface area contributed by atoms with Crippen molar-refractivity contribution in [2.75, 3.05) is 18.5 Å². The number of amides is 1. The zero-order valence-electron chi connectivity index (χ0n) is 11.9. The van der Waals surface area contributed by atoms with Crippen LogP contribution >= 0.6 is 34.7 Å². The Labute approximate surface area is 138 Å². The molecule has 1 aromatic heterocycles. The summed E-state index contributed by atoms with van der Waals surface area (Å²) in [4.78, 5) is 15.9. The van der Waals surface area contributed by atoms with Gasteiger partial charge in [0.25, 0.3) is 0 Å². The van der Waals surface area contributed by atoms with Gasteiger partial charge in [0, 0.05) is 22.5 Å². The molecule has 1 heterocycles. The lowest BCUT2D eigenvalue weighted by Gasteiger charge is -2.16. The van der Waals surface area contributed by atoms with Crippen molar-refractivity contribution >= 4 is 46.3 Å². The number of anilines is 1. The Balaban J connectivity index is 1.90. The molecule has 1 amide bonds. The van der Waals surface area contributed by atoms with Crippen LogP contribution in [-0.2, 0) is 11.3 Å². The Kier molecular flexibility index (Phi) is 5.56. The molecule has 0 radical (unpaired) electrons. The minimum atomic E-state index is 0.0745. The Hall–Kier alpha value is -1.17. The summed E-state index contributed by atoms with van der Waals surface area (Å²) in [6.07, 6.45) is 0. The lowest BCUT2D eigenvalue weighted by atomic mass is 10.2. The van der Waals surface area contributed by atoms with Crippen LogP contribution in [0.1, 0.15) is 10.4 Å². The monoisotopic (exact) mass is 340 g/mol. The first kappa shape index (κ1) is 16.2. The van der Waals surface area contributed by atoms with Crippen molar-refractivity contribution in [3.63, 3.8) is 0 Å². The van der Waals surface area contributed by atoms with E-state index in [1.165, 1.54) is 23.1 Å². The summed E-state index contributed by atoms with van der Waals surface area (Å²) < 4.78 is 0.743. The Bertz CT molecular complexity index is 642. The Morgan fingerprint density at radius 2 is 2.14 bits per heavy atom. The minimum absolute atomic E-state index is 0.0745. The van der Waals surface area contributed by atoms with Crippen LogP contribution in [0.15, 0.2) is 35.2 Å². The fourth-order valence-corrected chi connectivity index (χ4v) is 3.92. The van der Waals surface area contributed by atoms with E-state index in [4.69, 9.17) is 17.3 Å². The maximum atomic E-state index is 12.2. The number of nitrogen functional groups attached to an aromatic ring is 1. The van der Waals surface area contributed by atoms with Crippen LogP contribution in [0.25, 0.3) is 0 Å². The van der Waals surface area contributed by atoms with Gasteiger partial charge in [-0.2, -0.15) is 0 Å². The van der Waals surface area contributed by atoms with Gasteiger partial charge < -0.3 is 10.6 Å². The van der Waals surface area contributed by atoms with Gasteiger partial charge in [0.05, 0.1) is 16.6 Å². The van der Waals surface area contributed by atoms with Crippen molar-refractivity contribution in [1.82, 2.24) is 4.90 Å². The summed E-state index contributed by atoms with van der Waals surface area (Å²) in [6, 6.07) is 9.64. The fourth-order valence-electron chi connectivity index (χ4n) is 1.77. The lowest BCUT2D eigenvalue weighted by Crippen LogP contribution is -2.27. The van der Waals surface area contributed by atoms with E-state index in [1.807, 2.05) is 37.3 Å². The second-order valence-corrected chi connectivity index (χ2v) is 7.60. The molecule has 0 saturated heterocycles. The number of thioether (sulfide) groups is 1. The number of rotatable bonds is 5. The Morgan fingerprint density at radius 3 is 2.81 bits per heavy atom. The quantitative estimate of drug-likeness (QED) is 0.660. The molecule has 1 aromatic carbocycles. The molecule has 0 bridgehead atoms. The SMILES string of the molecule is Cc1ccc(N)c(SCC(=O)N(C)Cc2ccc(Cl)s2)c1. The fraction of sp³-hybridized carbons (Fsp3) is 0.267. The standard InChI is InChI=1S/C15H17ClN2OS2/c1-10-3-5-12(17)13(7-10)20-9-15(19)18(2)8-11-4-6-14(16)21-11/h3-7H,8-9,17H2,1-2H3. The molecular formula is C15H17ClN2OS2. The Morgan fingerprint density at radius 1 is 1.38 bits per heavy atom. The molecule has 0 spiro atoms. The summed E-state index contributed by atoms with van der Waals surface area (Å²) in [6.45, 7) is 2.60. The molecule has 0 saturated carbocycles. The van der Waals surface area contributed by atoms with Crippen molar-refractivity contribution in [3.8, 4) is 0 Å². The highest BCUT2D eigenvalue weighted by Crippen LogP contribution is 2.27. The van der Waals surface area contributed by atoms with Crippen LogP contribution in [0.3, 0.4) is 0 Å². The predicted molar refractivity (Wildman–Crippen MR) is 92.1 cm³/mol. The molecule has 2 N–H and O–H groups in total. The third-order valence-corrected chi connectivity index (χ3v) is 5.24. The third kappa shape index (κ3) is 4.66. The number of hydrogen-bond acceptors (Lipinski definition) is 4. The molecule has 2 aromatic rings. The first-order chi connectivity index (χ1) is 9.95. The highest BCUT2D eigenvalue weighted by atomic mass is 35.5. The summed E-state index contributed by atoms with van der Waals surface area (Å²) in [5, 5.41) is 0. The minimum Gasteiger partial charge on any atom is -0.398 e. The number of nitrogens with two attached hydrogens (primary N) is 1. The summed E-state index contributed by atoms with van der Waals surface area (Å²) >= 11 is 8.87. The number of nitrogens with zero attached hydrogens (tertiary/aromatic N) is 1. The van der Waals surface area contributed by atoms with Crippen LogP contribution in [-0.4, -0.2) is 23.6 Å². The average molecular weight is 341 g/mol. The number of carbonyl (C=O) groups excluding carboxylic acids is 1. The second kappa shape index (κ2) is 7.20. The van der Waals surface area contributed by atoms with Gasteiger partial charge in [-0.15, -0.1) is 23.1 Å². The zero-order valence-corrected chi connectivity index (χ0v) is 14.3. The predicted octanol–water partition coefficient (Wildman–Crippen LogP) is 4.04. The van der Waals surface area contributed by atoms with Crippen molar-refractivity contribution in [3.05, 3.63) is 45.1 Å². The summed E-state index contributed by atoms with van der Waals surface area (Å²) in [5.41, 5.74) is 7.77. The van der Waals surface area contributed by atoms with Gasteiger partial charge in [0.2, 0.25) is 5.91 Å². The van der Waals surface area contributed by atoms with E-state index in [1.54, 1.807) is 11.9 Å². The van der Waals surface area contributed by atoms with E-state index >= 15 is 0 Å². The van der Waals surface area contributed by atoms with Gasteiger partial charge in [-0.3, -0.25) is 4.79 Å². The van der Waals surface area contributed by atoms with E-state index < -0.39 is 0 Å². The first-order valence-electron chi connectivity index (χ1n) is 6.43. The maximum Gasteiger partial charge on any atom is 0.233 e. The molecule has 0 unspecified atom stereocenters. The summed E-state index contributed by atoms with van der Waals surface area (Å²) in [7, 11) is 1.80. The van der Waals surface area contributed by atoms with E-state index in [2.05, 4.69) is 0 Å². The molecule has 21 heavy (non-hydrogen) atoms. The third-order valence-electron chi connectivity index (χ3n) is 2.97. The van der Waals surface area contributed by atoms with Gasteiger partial charge in [-0.05, 0) is 36.8 Å². The number of carbonyl (C=O) groups is 1. The van der Waals surface area contributed by atoms with Crippen LogP contribution in [0.4, 0.5) is 5.69 Å². The lowest BCUT2D eigenvalue weighted by molar-refractivity contribution is -0.127. The molecule has 6 heteroatoms. The first-order valence-corrected chi connectivity index (χ1v) is 8.61. The smallest absolute Gasteiger partial charge is 0.233 e. The normalized spacial score (nSPS) is 10.6. The van der Waals surface area contributed by atoms with E-state index in [-0.39, 0.29) is 5.91 Å². The van der Waals surface area contributed by atoms with Crippen LogP contribution in [0.5, 0.6) is 0 Å². The van der Waals surface area contributed by atoms with E-state index in [0.717, 1.165) is 19.7 Å². The largest absolute Gasteiger partial charge is 0.398 e. The maximum absolute atomic E-state index is 12.2. The molecule has 112 valence electrons. The van der Waals surface area contributed by atoms with Crippen molar-refractivity contribution in [1.29, 1.82) is 0 Å². The molecule has 0 fully saturated rings. The number of halogens is 1. The molecule has 2 rings (SSSR count). The topological polar surface area (TPSA) is 46.3 Å². The number of hydrogen-bond donors (Lipinski definition) is 1. The van der Waals surface area contributed by atoms with Gasteiger partial charge in [-0.25, -0.2) is 0 Å². The van der Waals surface area contributed by atoms with Crippen molar-refractivity contribution in [2.45, 2.75) is 18.4 Å². The molecule has 0 atom stereocenters. The summed E-state index contributed by atoms with van der Waals surface area (Å²) in [5.74, 6) is 0.453. The van der Waals surface area contributed by atoms with Crippen molar-refractivity contribution in [2.24, 2.45) is 0 Å². The van der Waals surface area contributed by atoms with Crippen LogP contribution in [0.2, 0.25) is 4.34 Å². The highest BCUT2D eigenvalue weighted by Gasteiger charge is 2.12. The van der Waals surface area contributed by atoms with Crippen molar-refractivity contribution < 1.29 is 4.79 Å². The number of thiophene rings is 1. The van der Waals surface area contributed by atoms with Gasteiger partial charge in [0.1, 0.15) is 0 Å². The number of aryl methyl sites for hydroxylation is 1. The second-order valence-electron chi connectivity index (χ2n) is 4.79. The van der Waals surface area contributed by atoms with Gasteiger partial charge in [-0.1, -0.05) is 17.7 Å². The molecule has 0 aliphatic carbocycles. The molecule has 0 aliphatic rings. The molecule has 3 nitrogen and oxygen atoms in total. The zero-order chi connectivity index (χ0) is 15.4. The molecular weight excluding hydrogens is 324 g/mol. The van der Waals surface area contributed by atoms with E-state index in [0.29, 0.717) is 18.0 Å². The average Bonchev–Trinajstić information content (AvgIpc) is 2.84. The van der Waals surface area contributed by atoms with E-state index in [9.17, 15) is 4.79 Å². The van der Waals surface area contributed by atoms with Crippen LogP contribution < -0.4 is 5.73 Å². The molecule has 0 aliphatic heterocycles.